The third-order valence-corrected chi connectivity index (χ3v) is 5.74. The van der Waals surface area contributed by atoms with Gasteiger partial charge in [-0.25, -0.2) is 4.79 Å². The van der Waals surface area contributed by atoms with Crippen LogP contribution in [0, 0.1) is 0 Å². The highest BCUT2D eigenvalue weighted by atomic mass is 35.5. The SMILES string of the molecule is CCOC(=O)Nc1ccc2c(c1)N(C(=O)CCN1CCOCC1)c1ccccc1CC2.Cl. The van der Waals surface area contributed by atoms with Gasteiger partial charge >= 0.3 is 6.09 Å². The van der Waals surface area contributed by atoms with Crippen molar-refractivity contribution in [2.75, 3.05) is 49.7 Å². The molecule has 32 heavy (non-hydrogen) atoms. The number of para-hydroxylation sites is 1. The molecule has 0 unspecified atom stereocenters. The van der Waals surface area contributed by atoms with Crippen LogP contribution in [0.25, 0.3) is 0 Å². The molecule has 1 N–H and O–H groups in total. The average molecular weight is 460 g/mol. The number of carbonyl (C=O) groups is 2. The van der Waals surface area contributed by atoms with E-state index in [2.05, 4.69) is 16.3 Å². The average Bonchev–Trinajstić information content (AvgIpc) is 2.95. The van der Waals surface area contributed by atoms with Gasteiger partial charge in [0.2, 0.25) is 5.91 Å². The zero-order valence-corrected chi connectivity index (χ0v) is 19.2. The van der Waals surface area contributed by atoms with Crippen molar-refractivity contribution >= 4 is 41.5 Å². The first-order valence-corrected chi connectivity index (χ1v) is 10.9. The van der Waals surface area contributed by atoms with Crippen LogP contribution in [0.3, 0.4) is 0 Å². The van der Waals surface area contributed by atoms with E-state index in [-0.39, 0.29) is 18.3 Å². The van der Waals surface area contributed by atoms with Crippen molar-refractivity contribution in [2.24, 2.45) is 0 Å². The number of hydrogen-bond donors (Lipinski definition) is 1. The normalized spacial score (nSPS) is 15.6. The molecular formula is C24H30ClN3O4. The Bertz CT molecular complexity index is 947. The van der Waals surface area contributed by atoms with Gasteiger partial charge in [-0.05, 0) is 49.1 Å². The summed E-state index contributed by atoms with van der Waals surface area (Å²) < 4.78 is 10.4. The van der Waals surface area contributed by atoms with Crippen molar-refractivity contribution in [2.45, 2.75) is 26.2 Å². The number of ether oxygens (including phenoxy) is 2. The van der Waals surface area contributed by atoms with Crippen LogP contribution in [0.2, 0.25) is 0 Å². The van der Waals surface area contributed by atoms with Crippen molar-refractivity contribution in [3.8, 4) is 0 Å². The van der Waals surface area contributed by atoms with E-state index in [0.717, 1.165) is 48.4 Å². The van der Waals surface area contributed by atoms with Gasteiger partial charge in [-0.2, -0.15) is 0 Å². The molecule has 0 atom stereocenters. The van der Waals surface area contributed by atoms with Gasteiger partial charge in [0.25, 0.3) is 0 Å². The Labute approximate surface area is 195 Å². The number of amides is 2. The van der Waals surface area contributed by atoms with Crippen LogP contribution in [-0.2, 0) is 27.1 Å². The van der Waals surface area contributed by atoms with Gasteiger partial charge in [-0.1, -0.05) is 24.3 Å². The lowest BCUT2D eigenvalue weighted by atomic mass is 10.0. The van der Waals surface area contributed by atoms with E-state index < -0.39 is 6.09 Å². The number of morpholine rings is 1. The third-order valence-electron chi connectivity index (χ3n) is 5.74. The number of anilines is 3. The van der Waals surface area contributed by atoms with E-state index in [4.69, 9.17) is 9.47 Å². The highest BCUT2D eigenvalue weighted by Gasteiger charge is 2.26. The number of fused-ring (bicyclic) bond motifs is 2. The van der Waals surface area contributed by atoms with Crippen molar-refractivity contribution in [1.82, 2.24) is 4.90 Å². The zero-order chi connectivity index (χ0) is 21.6. The smallest absolute Gasteiger partial charge is 0.411 e. The number of halogens is 1. The van der Waals surface area contributed by atoms with Crippen molar-refractivity contribution < 1.29 is 19.1 Å². The Kier molecular flexibility index (Phi) is 8.50. The predicted molar refractivity (Wildman–Crippen MR) is 127 cm³/mol. The maximum atomic E-state index is 13.5. The van der Waals surface area contributed by atoms with Crippen LogP contribution in [0.4, 0.5) is 21.9 Å². The fraction of sp³-hybridized carbons (Fsp3) is 0.417. The topological polar surface area (TPSA) is 71.1 Å². The molecule has 0 bridgehead atoms. The Morgan fingerprint density at radius 3 is 2.50 bits per heavy atom. The summed E-state index contributed by atoms with van der Waals surface area (Å²) in [5.41, 5.74) is 4.60. The standard InChI is InChI=1S/C24H29N3O4.ClH/c1-2-31-24(29)25-20-10-9-19-8-7-18-5-3-4-6-21(18)27(22(19)17-20)23(28)11-12-26-13-15-30-16-14-26;/h3-6,9-10,17H,2,7-8,11-16H2,1H3,(H,25,29);1H. The van der Waals surface area contributed by atoms with Crippen molar-refractivity contribution in [1.29, 1.82) is 0 Å². The maximum Gasteiger partial charge on any atom is 0.411 e. The van der Waals surface area contributed by atoms with Crippen molar-refractivity contribution in [3.63, 3.8) is 0 Å². The van der Waals surface area contributed by atoms with E-state index in [9.17, 15) is 9.59 Å². The monoisotopic (exact) mass is 459 g/mol. The Hall–Kier alpha value is -2.61. The maximum absolute atomic E-state index is 13.5. The molecule has 0 aromatic heterocycles. The second kappa shape index (κ2) is 11.3. The van der Waals surface area contributed by atoms with E-state index >= 15 is 0 Å². The van der Waals surface area contributed by atoms with Crippen LogP contribution < -0.4 is 10.2 Å². The molecule has 2 aromatic rings. The fourth-order valence-electron chi connectivity index (χ4n) is 4.14. The summed E-state index contributed by atoms with van der Waals surface area (Å²) in [5, 5.41) is 2.76. The molecule has 0 saturated carbocycles. The van der Waals surface area contributed by atoms with Gasteiger partial charge in [0, 0.05) is 31.7 Å². The number of rotatable bonds is 5. The first-order chi connectivity index (χ1) is 15.2. The summed E-state index contributed by atoms with van der Waals surface area (Å²) in [4.78, 5) is 29.5. The van der Waals surface area contributed by atoms with E-state index in [1.165, 1.54) is 0 Å². The van der Waals surface area contributed by atoms with E-state index in [1.807, 2.05) is 41.3 Å². The molecule has 1 fully saturated rings. The summed E-state index contributed by atoms with van der Waals surface area (Å²) in [7, 11) is 0. The molecule has 4 rings (SSSR count). The highest BCUT2D eigenvalue weighted by molar-refractivity contribution is 6.03. The molecular weight excluding hydrogens is 430 g/mol. The number of benzene rings is 2. The second-order valence-corrected chi connectivity index (χ2v) is 7.75. The summed E-state index contributed by atoms with van der Waals surface area (Å²) in [6.45, 7) is 5.91. The van der Waals surface area contributed by atoms with Gasteiger partial charge < -0.3 is 9.47 Å². The molecule has 0 radical (unpaired) electrons. The first kappa shape index (κ1) is 24.0. The Morgan fingerprint density at radius 2 is 1.75 bits per heavy atom. The summed E-state index contributed by atoms with van der Waals surface area (Å²) in [5.74, 6) is 0.0513. The van der Waals surface area contributed by atoms with Crippen LogP contribution in [-0.4, -0.2) is 56.4 Å². The quantitative estimate of drug-likeness (QED) is 0.726. The van der Waals surface area contributed by atoms with Gasteiger partial charge in [0.1, 0.15) is 0 Å². The minimum absolute atomic E-state index is 0. The number of aryl methyl sites for hydroxylation is 2. The van der Waals surface area contributed by atoms with Crippen LogP contribution in [0.15, 0.2) is 42.5 Å². The Morgan fingerprint density at radius 1 is 1.03 bits per heavy atom. The van der Waals surface area contributed by atoms with Gasteiger partial charge in [-0.15, -0.1) is 12.4 Å². The molecule has 2 aromatic carbocycles. The molecule has 0 aliphatic carbocycles. The number of nitrogens with one attached hydrogen (secondary N) is 1. The molecule has 7 nitrogen and oxygen atoms in total. The first-order valence-electron chi connectivity index (χ1n) is 10.9. The van der Waals surface area contributed by atoms with Crippen LogP contribution >= 0.6 is 12.4 Å². The molecule has 172 valence electrons. The number of hydrogen-bond acceptors (Lipinski definition) is 5. The fourth-order valence-corrected chi connectivity index (χ4v) is 4.14. The van der Waals surface area contributed by atoms with Crippen LogP contribution in [0.1, 0.15) is 24.5 Å². The predicted octanol–water partition coefficient (Wildman–Crippen LogP) is 4.16. The molecule has 2 aliphatic heterocycles. The lowest BCUT2D eigenvalue weighted by Crippen LogP contribution is -2.39. The van der Waals surface area contributed by atoms with Crippen LogP contribution in [0.5, 0.6) is 0 Å². The number of carbonyl (C=O) groups excluding carboxylic acids is 2. The summed E-state index contributed by atoms with van der Waals surface area (Å²) in [6, 6.07) is 13.8. The molecule has 2 amide bonds. The minimum atomic E-state index is -0.498. The summed E-state index contributed by atoms with van der Waals surface area (Å²) >= 11 is 0. The van der Waals surface area contributed by atoms with Gasteiger partial charge in [0.15, 0.2) is 0 Å². The molecule has 0 spiro atoms. The molecule has 2 aliphatic rings. The third kappa shape index (κ3) is 5.59. The van der Waals surface area contributed by atoms with E-state index in [0.29, 0.717) is 38.5 Å². The molecule has 2 heterocycles. The highest BCUT2D eigenvalue weighted by Crippen LogP contribution is 2.38. The molecule has 1 saturated heterocycles. The lowest BCUT2D eigenvalue weighted by molar-refractivity contribution is -0.118. The lowest BCUT2D eigenvalue weighted by Gasteiger charge is -2.29. The van der Waals surface area contributed by atoms with Crippen molar-refractivity contribution in [3.05, 3.63) is 53.6 Å². The number of nitrogens with zero attached hydrogens (tertiary/aromatic N) is 2. The van der Waals surface area contributed by atoms with Gasteiger partial charge in [-0.3, -0.25) is 19.9 Å². The van der Waals surface area contributed by atoms with E-state index in [1.54, 1.807) is 6.92 Å². The largest absolute Gasteiger partial charge is 0.450 e. The molecule has 8 heteroatoms. The van der Waals surface area contributed by atoms with Gasteiger partial charge in [0.05, 0.1) is 31.2 Å². The minimum Gasteiger partial charge on any atom is -0.450 e. The second-order valence-electron chi connectivity index (χ2n) is 7.75. The summed E-state index contributed by atoms with van der Waals surface area (Å²) in [6.07, 6.45) is 1.62. The zero-order valence-electron chi connectivity index (χ0n) is 18.3. The Balaban J connectivity index is 0.00000289.